The Bertz CT molecular complexity index is 496. The number of likely N-dealkylation sites (tertiary alicyclic amines) is 1. The van der Waals surface area contributed by atoms with E-state index in [4.69, 9.17) is 4.74 Å². The van der Waals surface area contributed by atoms with Gasteiger partial charge in [-0.05, 0) is 36.3 Å². The standard InChI is InChI=1S/C18H27NO2/c1-18(2,3)15-8-9-16(21-4)14(12-15)13-17(20)19-10-6-5-7-11-19/h8-9,12H,5-7,10-11,13H2,1-4H3. The topological polar surface area (TPSA) is 29.5 Å². The lowest BCUT2D eigenvalue weighted by molar-refractivity contribution is -0.131. The first-order valence-electron chi connectivity index (χ1n) is 7.87. The smallest absolute Gasteiger partial charge is 0.227 e. The first kappa shape index (κ1) is 15.9. The number of carbonyl (C=O) groups is 1. The van der Waals surface area contributed by atoms with E-state index in [1.54, 1.807) is 7.11 Å². The van der Waals surface area contributed by atoms with E-state index in [1.165, 1.54) is 12.0 Å². The van der Waals surface area contributed by atoms with Gasteiger partial charge in [-0.3, -0.25) is 4.79 Å². The molecule has 1 fully saturated rings. The molecule has 3 heteroatoms. The minimum Gasteiger partial charge on any atom is -0.496 e. The summed E-state index contributed by atoms with van der Waals surface area (Å²) in [7, 11) is 1.67. The zero-order valence-corrected chi connectivity index (χ0v) is 13.7. The van der Waals surface area contributed by atoms with Gasteiger partial charge in [0.05, 0.1) is 13.5 Å². The molecule has 3 nitrogen and oxygen atoms in total. The highest BCUT2D eigenvalue weighted by Crippen LogP contribution is 2.28. The van der Waals surface area contributed by atoms with Gasteiger partial charge in [0.15, 0.2) is 0 Å². The summed E-state index contributed by atoms with van der Waals surface area (Å²) in [6, 6.07) is 6.20. The van der Waals surface area contributed by atoms with Crippen molar-refractivity contribution in [3.05, 3.63) is 29.3 Å². The third kappa shape index (κ3) is 3.99. The van der Waals surface area contributed by atoms with Gasteiger partial charge in [0.25, 0.3) is 0 Å². The Morgan fingerprint density at radius 1 is 1.19 bits per heavy atom. The quantitative estimate of drug-likeness (QED) is 0.851. The Morgan fingerprint density at radius 3 is 2.43 bits per heavy atom. The van der Waals surface area contributed by atoms with Crippen LogP contribution in [0.15, 0.2) is 18.2 Å². The zero-order valence-electron chi connectivity index (χ0n) is 13.7. The minimum absolute atomic E-state index is 0.0786. The monoisotopic (exact) mass is 289 g/mol. The number of carbonyl (C=O) groups excluding carboxylic acids is 1. The second-order valence-corrected chi connectivity index (χ2v) is 6.89. The first-order valence-corrected chi connectivity index (χ1v) is 7.87. The summed E-state index contributed by atoms with van der Waals surface area (Å²) < 4.78 is 5.43. The Balaban J connectivity index is 2.18. The molecule has 1 aliphatic heterocycles. The van der Waals surface area contributed by atoms with Crippen LogP contribution in [0, 0.1) is 0 Å². The third-order valence-corrected chi connectivity index (χ3v) is 4.20. The van der Waals surface area contributed by atoms with Crippen LogP contribution < -0.4 is 4.74 Å². The van der Waals surface area contributed by atoms with Gasteiger partial charge in [-0.15, -0.1) is 0 Å². The molecule has 1 saturated heterocycles. The van der Waals surface area contributed by atoms with Crippen LogP contribution in [0.5, 0.6) is 5.75 Å². The molecule has 0 N–H and O–H groups in total. The second kappa shape index (κ2) is 6.50. The summed E-state index contributed by atoms with van der Waals surface area (Å²) in [6.45, 7) is 8.36. The average molecular weight is 289 g/mol. The molecule has 1 aliphatic rings. The van der Waals surface area contributed by atoms with E-state index in [0.717, 1.165) is 37.2 Å². The Hall–Kier alpha value is -1.51. The van der Waals surface area contributed by atoms with Crippen LogP contribution in [0.25, 0.3) is 0 Å². The molecule has 0 unspecified atom stereocenters. The summed E-state index contributed by atoms with van der Waals surface area (Å²) in [5, 5.41) is 0. The normalized spacial score (nSPS) is 15.9. The number of benzene rings is 1. The van der Waals surface area contributed by atoms with Crippen LogP contribution in [0.2, 0.25) is 0 Å². The molecular weight excluding hydrogens is 262 g/mol. The molecule has 0 radical (unpaired) electrons. The highest BCUT2D eigenvalue weighted by molar-refractivity contribution is 5.79. The lowest BCUT2D eigenvalue weighted by Gasteiger charge is -2.27. The van der Waals surface area contributed by atoms with Gasteiger partial charge >= 0.3 is 0 Å². The lowest BCUT2D eigenvalue weighted by Crippen LogP contribution is -2.36. The third-order valence-electron chi connectivity index (χ3n) is 4.20. The molecule has 2 rings (SSSR count). The van der Waals surface area contributed by atoms with Crippen molar-refractivity contribution in [1.82, 2.24) is 4.90 Å². The largest absolute Gasteiger partial charge is 0.496 e. The van der Waals surface area contributed by atoms with Crippen molar-refractivity contribution in [2.24, 2.45) is 0 Å². The highest BCUT2D eigenvalue weighted by atomic mass is 16.5. The molecule has 1 heterocycles. The van der Waals surface area contributed by atoms with Crippen LogP contribution in [-0.2, 0) is 16.6 Å². The van der Waals surface area contributed by atoms with Crippen molar-refractivity contribution in [3.8, 4) is 5.75 Å². The van der Waals surface area contributed by atoms with Crippen molar-refractivity contribution in [1.29, 1.82) is 0 Å². The molecule has 0 atom stereocenters. The van der Waals surface area contributed by atoms with Crippen molar-refractivity contribution in [3.63, 3.8) is 0 Å². The summed E-state index contributed by atoms with van der Waals surface area (Å²) in [5.74, 6) is 1.03. The van der Waals surface area contributed by atoms with Crippen molar-refractivity contribution in [2.45, 2.75) is 51.9 Å². The predicted octanol–water partition coefficient (Wildman–Crippen LogP) is 3.55. The van der Waals surface area contributed by atoms with Crippen LogP contribution in [-0.4, -0.2) is 31.0 Å². The van der Waals surface area contributed by atoms with E-state index < -0.39 is 0 Å². The second-order valence-electron chi connectivity index (χ2n) is 6.89. The van der Waals surface area contributed by atoms with Crippen LogP contribution in [0.4, 0.5) is 0 Å². The molecule has 0 aromatic heterocycles. The molecule has 0 saturated carbocycles. The summed E-state index contributed by atoms with van der Waals surface area (Å²) in [6.07, 6.45) is 3.94. The fourth-order valence-electron chi connectivity index (χ4n) is 2.80. The molecule has 116 valence electrons. The van der Waals surface area contributed by atoms with E-state index in [1.807, 2.05) is 11.0 Å². The Kier molecular flexibility index (Phi) is 4.92. The van der Waals surface area contributed by atoms with Crippen LogP contribution >= 0.6 is 0 Å². The molecule has 0 aliphatic carbocycles. The fraction of sp³-hybridized carbons (Fsp3) is 0.611. The SMILES string of the molecule is COc1ccc(C(C)(C)C)cc1CC(=O)N1CCCCC1. The van der Waals surface area contributed by atoms with Gasteiger partial charge < -0.3 is 9.64 Å². The van der Waals surface area contributed by atoms with Crippen molar-refractivity contribution < 1.29 is 9.53 Å². The fourth-order valence-corrected chi connectivity index (χ4v) is 2.80. The van der Waals surface area contributed by atoms with Gasteiger partial charge in [0.2, 0.25) is 5.91 Å². The summed E-state index contributed by atoms with van der Waals surface area (Å²) in [5.41, 5.74) is 2.32. The first-order chi connectivity index (χ1) is 9.91. The summed E-state index contributed by atoms with van der Waals surface area (Å²) >= 11 is 0. The molecule has 0 bridgehead atoms. The maximum absolute atomic E-state index is 12.5. The van der Waals surface area contributed by atoms with E-state index in [0.29, 0.717) is 6.42 Å². The van der Waals surface area contributed by atoms with E-state index in [-0.39, 0.29) is 11.3 Å². The lowest BCUT2D eigenvalue weighted by atomic mass is 9.85. The van der Waals surface area contributed by atoms with E-state index >= 15 is 0 Å². The molecule has 1 amide bonds. The van der Waals surface area contributed by atoms with Gasteiger partial charge in [0, 0.05) is 18.7 Å². The van der Waals surface area contributed by atoms with Crippen LogP contribution in [0.3, 0.4) is 0 Å². The highest BCUT2D eigenvalue weighted by Gasteiger charge is 2.20. The predicted molar refractivity (Wildman–Crippen MR) is 85.8 cm³/mol. The number of amides is 1. The molecular formula is C18H27NO2. The van der Waals surface area contributed by atoms with Crippen LogP contribution in [0.1, 0.15) is 51.2 Å². The molecule has 0 spiro atoms. The summed E-state index contributed by atoms with van der Waals surface area (Å²) in [4.78, 5) is 14.5. The molecule has 21 heavy (non-hydrogen) atoms. The van der Waals surface area contributed by atoms with E-state index in [9.17, 15) is 4.79 Å². The Morgan fingerprint density at radius 2 is 1.86 bits per heavy atom. The maximum atomic E-state index is 12.5. The van der Waals surface area contributed by atoms with Gasteiger partial charge in [-0.25, -0.2) is 0 Å². The minimum atomic E-state index is 0.0786. The number of ether oxygens (including phenoxy) is 1. The van der Waals surface area contributed by atoms with Gasteiger partial charge in [-0.2, -0.15) is 0 Å². The van der Waals surface area contributed by atoms with E-state index in [2.05, 4.69) is 32.9 Å². The number of piperidine rings is 1. The number of rotatable bonds is 3. The molecule has 1 aromatic carbocycles. The maximum Gasteiger partial charge on any atom is 0.227 e. The number of nitrogens with zero attached hydrogens (tertiary/aromatic N) is 1. The number of methoxy groups -OCH3 is 1. The van der Waals surface area contributed by atoms with Gasteiger partial charge in [-0.1, -0.05) is 32.9 Å². The van der Waals surface area contributed by atoms with Gasteiger partial charge in [0.1, 0.15) is 5.75 Å². The average Bonchev–Trinajstić information content (AvgIpc) is 2.47. The van der Waals surface area contributed by atoms with Crippen molar-refractivity contribution in [2.75, 3.05) is 20.2 Å². The number of hydrogen-bond acceptors (Lipinski definition) is 2. The zero-order chi connectivity index (χ0) is 15.5. The Labute approximate surface area is 128 Å². The molecule has 1 aromatic rings. The van der Waals surface area contributed by atoms with Crippen molar-refractivity contribution >= 4 is 5.91 Å². The number of hydrogen-bond donors (Lipinski definition) is 0.